The van der Waals surface area contributed by atoms with Crippen LogP contribution in [0.3, 0.4) is 0 Å². The maximum atomic E-state index is 13.0. The van der Waals surface area contributed by atoms with Crippen LogP contribution in [0.5, 0.6) is 0 Å². The molecule has 0 spiro atoms. The Labute approximate surface area is 74.7 Å². The third-order valence-electron chi connectivity index (χ3n) is 2.06. The number of rotatable bonds is 1. The Hall–Kier alpha value is -1.39. The van der Waals surface area contributed by atoms with Gasteiger partial charge in [-0.05, 0) is 13.0 Å². The zero-order valence-corrected chi connectivity index (χ0v) is 7.25. The van der Waals surface area contributed by atoms with Crippen molar-refractivity contribution < 1.29 is 9.18 Å². The largest absolute Gasteiger partial charge is 0.331 e. The molecule has 4 nitrogen and oxygen atoms in total. The number of aromatic amines is 1. The second kappa shape index (κ2) is 2.55. The zero-order chi connectivity index (χ0) is 9.47. The fourth-order valence-electron chi connectivity index (χ4n) is 1.44. The lowest BCUT2D eigenvalue weighted by Gasteiger charge is -2.41. The van der Waals surface area contributed by atoms with Crippen molar-refractivity contribution in [1.29, 1.82) is 0 Å². The van der Waals surface area contributed by atoms with Gasteiger partial charge in [-0.2, -0.15) is 5.10 Å². The molecule has 0 aliphatic carbocycles. The molecular weight excluding hydrogens is 173 g/mol. The van der Waals surface area contributed by atoms with Crippen molar-refractivity contribution in [3.8, 4) is 0 Å². The highest BCUT2D eigenvalue weighted by molar-refractivity contribution is 5.92. The summed E-state index contributed by atoms with van der Waals surface area (Å²) in [6.45, 7) is 1.83. The van der Waals surface area contributed by atoms with E-state index >= 15 is 0 Å². The number of nitrogens with one attached hydrogen (secondary N) is 1. The number of carbonyl (C=O) groups excluding carboxylic acids is 1. The molecule has 2 rings (SSSR count). The Bertz CT molecular complexity index is 312. The number of halogens is 1. The van der Waals surface area contributed by atoms with Crippen LogP contribution in [0, 0.1) is 0 Å². The minimum Gasteiger partial charge on any atom is -0.331 e. The molecule has 1 amide bonds. The number of hydrogen-bond acceptors (Lipinski definition) is 2. The number of amides is 1. The number of carbonyl (C=O) groups is 1. The van der Waals surface area contributed by atoms with E-state index in [1.165, 1.54) is 18.0 Å². The van der Waals surface area contributed by atoms with Crippen LogP contribution in [0.15, 0.2) is 12.3 Å². The number of likely N-dealkylation sites (tertiary alicyclic amines) is 1. The normalized spacial score (nSPS) is 19.7. The van der Waals surface area contributed by atoms with Crippen LogP contribution in [-0.4, -0.2) is 39.8 Å². The van der Waals surface area contributed by atoms with E-state index in [0.29, 0.717) is 5.69 Å². The quantitative estimate of drug-likeness (QED) is 0.692. The molecule has 1 aliphatic rings. The van der Waals surface area contributed by atoms with Gasteiger partial charge in [0.15, 0.2) is 0 Å². The molecule has 0 radical (unpaired) electrons. The van der Waals surface area contributed by atoms with Gasteiger partial charge in [-0.1, -0.05) is 0 Å². The number of nitrogens with zero attached hydrogens (tertiary/aromatic N) is 2. The average Bonchev–Trinajstić information content (AvgIpc) is 2.50. The van der Waals surface area contributed by atoms with Gasteiger partial charge >= 0.3 is 0 Å². The molecule has 0 unspecified atom stereocenters. The zero-order valence-electron chi connectivity index (χ0n) is 7.25. The lowest BCUT2D eigenvalue weighted by molar-refractivity contribution is -0.00823. The molecule has 1 aromatic heterocycles. The first-order valence-electron chi connectivity index (χ1n) is 4.06. The van der Waals surface area contributed by atoms with Crippen LogP contribution in [0.4, 0.5) is 4.39 Å². The fourth-order valence-corrected chi connectivity index (χ4v) is 1.44. The molecule has 1 aromatic rings. The van der Waals surface area contributed by atoms with Gasteiger partial charge in [0.05, 0.1) is 13.1 Å². The van der Waals surface area contributed by atoms with Crippen LogP contribution in [0.1, 0.15) is 17.4 Å². The predicted octanol–water partition coefficient (Wildman–Crippen LogP) is 0.594. The highest BCUT2D eigenvalue weighted by Crippen LogP contribution is 2.25. The molecule has 0 bridgehead atoms. The molecule has 1 aliphatic heterocycles. The molecule has 5 heteroatoms. The topological polar surface area (TPSA) is 49.0 Å². The second-order valence-corrected chi connectivity index (χ2v) is 3.54. The molecule has 70 valence electrons. The first-order chi connectivity index (χ1) is 6.08. The SMILES string of the molecule is CC1(F)CN(C(=O)c2ccn[nH]2)C1. The molecule has 1 saturated heterocycles. The number of H-pyrrole nitrogens is 1. The average molecular weight is 183 g/mol. The summed E-state index contributed by atoms with van der Waals surface area (Å²) in [5.74, 6) is -0.187. The minimum absolute atomic E-state index is 0.171. The van der Waals surface area contributed by atoms with Crippen LogP contribution in [0.2, 0.25) is 0 Å². The van der Waals surface area contributed by atoms with E-state index in [4.69, 9.17) is 0 Å². The van der Waals surface area contributed by atoms with Crippen molar-refractivity contribution in [2.45, 2.75) is 12.6 Å². The maximum absolute atomic E-state index is 13.0. The molecule has 0 atom stereocenters. The highest BCUT2D eigenvalue weighted by Gasteiger charge is 2.41. The maximum Gasteiger partial charge on any atom is 0.272 e. The lowest BCUT2D eigenvalue weighted by atomic mass is 9.99. The van der Waals surface area contributed by atoms with E-state index in [9.17, 15) is 9.18 Å². The lowest BCUT2D eigenvalue weighted by Crippen LogP contribution is -2.59. The van der Waals surface area contributed by atoms with E-state index in [2.05, 4.69) is 10.2 Å². The van der Waals surface area contributed by atoms with E-state index in [1.807, 2.05) is 0 Å². The second-order valence-electron chi connectivity index (χ2n) is 3.54. The third kappa shape index (κ3) is 1.41. The Morgan fingerprint density at radius 2 is 2.46 bits per heavy atom. The fraction of sp³-hybridized carbons (Fsp3) is 0.500. The van der Waals surface area contributed by atoms with Crippen LogP contribution in [-0.2, 0) is 0 Å². The van der Waals surface area contributed by atoms with Gasteiger partial charge in [0.2, 0.25) is 0 Å². The molecule has 0 aromatic carbocycles. The molecule has 2 heterocycles. The Morgan fingerprint density at radius 3 is 2.92 bits per heavy atom. The van der Waals surface area contributed by atoms with E-state index < -0.39 is 5.67 Å². The smallest absolute Gasteiger partial charge is 0.272 e. The first kappa shape index (κ1) is 8.22. The van der Waals surface area contributed by atoms with E-state index in [1.54, 1.807) is 6.07 Å². The molecule has 0 saturated carbocycles. The minimum atomic E-state index is -1.21. The van der Waals surface area contributed by atoms with Crippen molar-refractivity contribution in [3.05, 3.63) is 18.0 Å². The predicted molar refractivity (Wildman–Crippen MR) is 44.0 cm³/mol. The summed E-state index contributed by atoms with van der Waals surface area (Å²) in [4.78, 5) is 12.9. The number of aromatic nitrogens is 2. The summed E-state index contributed by atoms with van der Waals surface area (Å²) in [5.41, 5.74) is -0.800. The van der Waals surface area contributed by atoms with Gasteiger partial charge in [0.25, 0.3) is 5.91 Å². The standard InChI is InChI=1S/C8H10FN3O/c1-8(9)4-12(5-8)7(13)6-2-3-10-11-6/h2-3H,4-5H2,1H3,(H,10,11). The Balaban J connectivity index is 2.02. The summed E-state index contributed by atoms with van der Waals surface area (Å²) < 4.78 is 13.0. The van der Waals surface area contributed by atoms with E-state index in [-0.39, 0.29) is 19.0 Å². The van der Waals surface area contributed by atoms with Crippen LogP contribution in [0.25, 0.3) is 0 Å². The summed E-state index contributed by atoms with van der Waals surface area (Å²) in [7, 11) is 0. The monoisotopic (exact) mass is 183 g/mol. The van der Waals surface area contributed by atoms with Crippen molar-refractivity contribution in [2.75, 3.05) is 13.1 Å². The molecule has 1 fully saturated rings. The summed E-state index contributed by atoms with van der Waals surface area (Å²) in [5, 5.41) is 6.20. The van der Waals surface area contributed by atoms with Gasteiger partial charge in [0, 0.05) is 6.20 Å². The summed E-state index contributed by atoms with van der Waals surface area (Å²) in [6, 6.07) is 1.58. The Morgan fingerprint density at radius 1 is 1.77 bits per heavy atom. The first-order valence-corrected chi connectivity index (χ1v) is 4.06. The Kier molecular flexibility index (Phi) is 1.61. The van der Waals surface area contributed by atoms with Crippen LogP contribution < -0.4 is 0 Å². The van der Waals surface area contributed by atoms with Crippen molar-refractivity contribution in [3.63, 3.8) is 0 Å². The van der Waals surface area contributed by atoms with Gasteiger partial charge in [-0.3, -0.25) is 9.89 Å². The summed E-state index contributed by atoms with van der Waals surface area (Å²) in [6.07, 6.45) is 1.50. The summed E-state index contributed by atoms with van der Waals surface area (Å²) >= 11 is 0. The van der Waals surface area contributed by atoms with Crippen molar-refractivity contribution >= 4 is 5.91 Å². The molecule has 1 N–H and O–H groups in total. The van der Waals surface area contributed by atoms with Gasteiger partial charge in [-0.25, -0.2) is 4.39 Å². The molecular formula is C8H10FN3O. The molecule has 13 heavy (non-hydrogen) atoms. The van der Waals surface area contributed by atoms with Crippen molar-refractivity contribution in [1.82, 2.24) is 15.1 Å². The van der Waals surface area contributed by atoms with Crippen LogP contribution >= 0.6 is 0 Å². The third-order valence-corrected chi connectivity index (χ3v) is 2.06. The number of hydrogen-bond donors (Lipinski definition) is 1. The van der Waals surface area contributed by atoms with Gasteiger partial charge in [0.1, 0.15) is 11.4 Å². The van der Waals surface area contributed by atoms with E-state index in [0.717, 1.165) is 0 Å². The number of alkyl halides is 1. The van der Waals surface area contributed by atoms with Gasteiger partial charge < -0.3 is 4.90 Å². The van der Waals surface area contributed by atoms with Crippen molar-refractivity contribution in [2.24, 2.45) is 0 Å². The highest BCUT2D eigenvalue weighted by atomic mass is 19.1. The van der Waals surface area contributed by atoms with Gasteiger partial charge in [-0.15, -0.1) is 0 Å².